The van der Waals surface area contributed by atoms with Crippen LogP contribution in [0, 0.1) is 6.92 Å². The number of aryl methyl sites for hydroxylation is 2. The van der Waals surface area contributed by atoms with Gasteiger partial charge in [0.25, 0.3) is 0 Å². The first-order chi connectivity index (χ1) is 10.6. The second-order valence-electron chi connectivity index (χ2n) is 5.95. The summed E-state index contributed by atoms with van der Waals surface area (Å²) >= 11 is 0. The molecule has 4 nitrogen and oxygen atoms in total. The molecule has 2 amide bonds. The van der Waals surface area contributed by atoms with Crippen molar-refractivity contribution in [3.8, 4) is 0 Å². The summed E-state index contributed by atoms with van der Waals surface area (Å²) in [7, 11) is 0. The number of carbonyl (C=O) groups is 2. The van der Waals surface area contributed by atoms with Crippen LogP contribution >= 0.6 is 0 Å². The number of hydrogen-bond donors (Lipinski definition) is 0. The molecule has 1 fully saturated rings. The summed E-state index contributed by atoms with van der Waals surface area (Å²) in [5, 5.41) is 0. The van der Waals surface area contributed by atoms with Gasteiger partial charge in [0.1, 0.15) is 0 Å². The average Bonchev–Trinajstić information content (AvgIpc) is 2.79. The number of benzene rings is 1. The lowest BCUT2D eigenvalue weighted by molar-refractivity contribution is -0.133. The Kier molecular flexibility index (Phi) is 5.99. The van der Waals surface area contributed by atoms with Crippen molar-refractivity contribution in [3.63, 3.8) is 0 Å². The van der Waals surface area contributed by atoms with Crippen LogP contribution in [0.4, 0.5) is 0 Å². The molecule has 0 radical (unpaired) electrons. The monoisotopic (exact) mass is 302 g/mol. The van der Waals surface area contributed by atoms with Crippen molar-refractivity contribution >= 4 is 11.8 Å². The highest BCUT2D eigenvalue weighted by Crippen LogP contribution is 2.10. The Bertz CT molecular complexity index is 510. The molecular weight excluding hydrogens is 276 g/mol. The molecule has 0 N–H and O–H groups in total. The number of nitrogens with zero attached hydrogens (tertiary/aromatic N) is 2. The van der Waals surface area contributed by atoms with Gasteiger partial charge < -0.3 is 9.80 Å². The predicted octanol–water partition coefficient (Wildman–Crippen LogP) is 2.40. The van der Waals surface area contributed by atoms with Gasteiger partial charge in [-0.1, -0.05) is 36.8 Å². The molecule has 0 spiro atoms. The Labute approximate surface area is 133 Å². The lowest BCUT2D eigenvalue weighted by Crippen LogP contribution is -2.37. The zero-order chi connectivity index (χ0) is 15.9. The summed E-state index contributed by atoms with van der Waals surface area (Å²) in [4.78, 5) is 27.9. The molecule has 0 aromatic heterocycles. The van der Waals surface area contributed by atoms with Crippen molar-refractivity contribution < 1.29 is 9.59 Å². The van der Waals surface area contributed by atoms with E-state index in [1.165, 1.54) is 11.1 Å². The Morgan fingerprint density at radius 2 is 1.55 bits per heavy atom. The average molecular weight is 302 g/mol. The van der Waals surface area contributed by atoms with Crippen LogP contribution in [0.2, 0.25) is 0 Å². The minimum Gasteiger partial charge on any atom is -0.341 e. The normalized spacial score (nSPS) is 15.5. The van der Waals surface area contributed by atoms with E-state index in [1.54, 1.807) is 0 Å². The third kappa shape index (κ3) is 4.58. The van der Waals surface area contributed by atoms with Crippen LogP contribution in [0.3, 0.4) is 0 Å². The maximum atomic E-state index is 12.4. The third-order valence-electron chi connectivity index (χ3n) is 4.25. The second kappa shape index (κ2) is 7.97. The molecule has 1 heterocycles. The van der Waals surface area contributed by atoms with Gasteiger partial charge in [-0.2, -0.15) is 0 Å². The van der Waals surface area contributed by atoms with E-state index in [1.807, 2.05) is 16.7 Å². The Hall–Kier alpha value is -1.84. The SMILES string of the molecule is CCC(=O)N1CCCN(C(=O)CCc2ccc(C)cc2)CC1. The van der Waals surface area contributed by atoms with Crippen LogP contribution in [-0.2, 0) is 16.0 Å². The molecule has 1 aliphatic heterocycles. The highest BCUT2D eigenvalue weighted by molar-refractivity contribution is 5.77. The Morgan fingerprint density at radius 3 is 2.14 bits per heavy atom. The first kappa shape index (κ1) is 16.5. The zero-order valence-electron chi connectivity index (χ0n) is 13.7. The van der Waals surface area contributed by atoms with Gasteiger partial charge >= 0.3 is 0 Å². The van der Waals surface area contributed by atoms with Crippen LogP contribution in [0.1, 0.15) is 37.3 Å². The molecule has 1 saturated heterocycles. The lowest BCUT2D eigenvalue weighted by Gasteiger charge is -2.22. The first-order valence-corrected chi connectivity index (χ1v) is 8.21. The largest absolute Gasteiger partial charge is 0.341 e. The topological polar surface area (TPSA) is 40.6 Å². The highest BCUT2D eigenvalue weighted by Gasteiger charge is 2.20. The fraction of sp³-hybridized carbons (Fsp3) is 0.556. The summed E-state index contributed by atoms with van der Waals surface area (Å²) in [6.07, 6.45) is 2.75. The summed E-state index contributed by atoms with van der Waals surface area (Å²) in [5.74, 6) is 0.389. The number of amides is 2. The van der Waals surface area contributed by atoms with Gasteiger partial charge in [0.05, 0.1) is 0 Å². The molecule has 2 rings (SSSR count). The summed E-state index contributed by atoms with van der Waals surface area (Å²) in [5.41, 5.74) is 2.44. The molecule has 120 valence electrons. The Morgan fingerprint density at radius 1 is 0.955 bits per heavy atom. The lowest BCUT2D eigenvalue weighted by atomic mass is 10.1. The Balaban J connectivity index is 1.82. The molecule has 4 heteroatoms. The van der Waals surface area contributed by atoms with Crippen LogP contribution in [0.5, 0.6) is 0 Å². The quantitative estimate of drug-likeness (QED) is 0.857. The predicted molar refractivity (Wildman–Crippen MR) is 87.6 cm³/mol. The molecule has 0 atom stereocenters. The molecule has 0 unspecified atom stereocenters. The molecule has 0 bridgehead atoms. The van der Waals surface area contributed by atoms with Gasteiger partial charge in [0, 0.05) is 39.0 Å². The maximum absolute atomic E-state index is 12.4. The molecule has 1 aromatic carbocycles. The highest BCUT2D eigenvalue weighted by atomic mass is 16.2. The number of hydrogen-bond acceptors (Lipinski definition) is 2. The van der Waals surface area contributed by atoms with Gasteiger partial charge in [-0.15, -0.1) is 0 Å². The van der Waals surface area contributed by atoms with Crippen LogP contribution in [0.15, 0.2) is 24.3 Å². The van der Waals surface area contributed by atoms with E-state index >= 15 is 0 Å². The smallest absolute Gasteiger partial charge is 0.222 e. The van der Waals surface area contributed by atoms with Gasteiger partial charge in [-0.3, -0.25) is 9.59 Å². The van der Waals surface area contributed by atoms with Gasteiger partial charge in [-0.05, 0) is 25.3 Å². The molecule has 22 heavy (non-hydrogen) atoms. The van der Waals surface area contributed by atoms with Crippen molar-refractivity contribution in [2.75, 3.05) is 26.2 Å². The van der Waals surface area contributed by atoms with Crippen LogP contribution in [0.25, 0.3) is 0 Å². The van der Waals surface area contributed by atoms with Gasteiger partial charge in [0.2, 0.25) is 11.8 Å². The van der Waals surface area contributed by atoms with E-state index in [0.29, 0.717) is 25.9 Å². The van der Waals surface area contributed by atoms with Crippen molar-refractivity contribution in [3.05, 3.63) is 35.4 Å². The first-order valence-electron chi connectivity index (χ1n) is 8.21. The van der Waals surface area contributed by atoms with E-state index in [4.69, 9.17) is 0 Å². The van der Waals surface area contributed by atoms with E-state index < -0.39 is 0 Å². The van der Waals surface area contributed by atoms with Crippen molar-refractivity contribution in [2.45, 2.75) is 39.5 Å². The second-order valence-corrected chi connectivity index (χ2v) is 5.95. The fourth-order valence-electron chi connectivity index (χ4n) is 2.80. The van der Waals surface area contributed by atoms with E-state index in [9.17, 15) is 9.59 Å². The summed E-state index contributed by atoms with van der Waals surface area (Å²) in [6.45, 7) is 6.82. The van der Waals surface area contributed by atoms with Crippen LogP contribution in [-0.4, -0.2) is 47.8 Å². The summed E-state index contributed by atoms with van der Waals surface area (Å²) in [6, 6.07) is 8.35. The van der Waals surface area contributed by atoms with Crippen molar-refractivity contribution in [1.29, 1.82) is 0 Å². The number of carbonyl (C=O) groups excluding carboxylic acids is 2. The van der Waals surface area contributed by atoms with Crippen LogP contribution < -0.4 is 0 Å². The molecule has 1 aromatic rings. The van der Waals surface area contributed by atoms with E-state index in [2.05, 4.69) is 31.2 Å². The molecule has 1 aliphatic rings. The van der Waals surface area contributed by atoms with E-state index in [0.717, 1.165) is 25.9 Å². The third-order valence-corrected chi connectivity index (χ3v) is 4.25. The minimum absolute atomic E-state index is 0.189. The molecule has 0 saturated carbocycles. The standard InChI is InChI=1S/C18H26N2O2/c1-3-17(21)19-11-4-12-20(14-13-19)18(22)10-9-16-7-5-15(2)6-8-16/h5-8H,3-4,9-14H2,1-2H3. The fourth-order valence-corrected chi connectivity index (χ4v) is 2.80. The number of rotatable bonds is 4. The van der Waals surface area contributed by atoms with Crippen molar-refractivity contribution in [1.82, 2.24) is 9.80 Å². The molecule has 0 aliphatic carbocycles. The molecular formula is C18H26N2O2. The van der Waals surface area contributed by atoms with Gasteiger partial charge in [-0.25, -0.2) is 0 Å². The maximum Gasteiger partial charge on any atom is 0.222 e. The minimum atomic E-state index is 0.189. The zero-order valence-corrected chi connectivity index (χ0v) is 13.7. The van der Waals surface area contributed by atoms with E-state index in [-0.39, 0.29) is 11.8 Å². The van der Waals surface area contributed by atoms with Gasteiger partial charge in [0.15, 0.2) is 0 Å². The van der Waals surface area contributed by atoms with Crippen molar-refractivity contribution in [2.24, 2.45) is 0 Å². The summed E-state index contributed by atoms with van der Waals surface area (Å²) < 4.78 is 0.